The first-order valence-electron chi connectivity index (χ1n) is 3.57. The number of rotatable bonds is 5. The average molecular weight is 162 g/mol. The quantitative estimate of drug-likeness (QED) is 0.338. The summed E-state index contributed by atoms with van der Waals surface area (Å²) in [4.78, 5) is 14.9. The summed E-state index contributed by atoms with van der Waals surface area (Å²) in [7, 11) is 0. The Morgan fingerprint density at radius 2 is 2.36 bits per heavy atom. The third-order valence-electron chi connectivity index (χ3n) is 0.826. The fraction of sp³-hybridized carbons (Fsp3) is 0.833. The Labute approximate surface area is 65.8 Å². The van der Waals surface area contributed by atoms with Crippen LogP contribution in [0, 0.1) is 0 Å². The standard InChI is InChI=1S/C6H14N2O3/c1-2-5-10-6(9)11-8-4-3-7/h8H,2-5,7H2,1H3. The molecule has 0 rings (SSSR count). The second-order valence-corrected chi connectivity index (χ2v) is 1.88. The van der Waals surface area contributed by atoms with Crippen molar-refractivity contribution in [3.63, 3.8) is 0 Å². The maximum atomic E-state index is 10.5. The zero-order chi connectivity index (χ0) is 8.53. The summed E-state index contributed by atoms with van der Waals surface area (Å²) in [6.45, 7) is 3.13. The fourth-order valence-corrected chi connectivity index (χ4v) is 0.384. The predicted octanol–water partition coefficient (Wildman–Crippen LogP) is 0.0129. The molecule has 0 unspecified atom stereocenters. The Morgan fingerprint density at radius 1 is 1.64 bits per heavy atom. The zero-order valence-electron chi connectivity index (χ0n) is 6.63. The molecule has 0 saturated heterocycles. The molecule has 3 N–H and O–H groups in total. The average Bonchev–Trinajstić information content (AvgIpc) is 2.01. The van der Waals surface area contributed by atoms with E-state index in [0.717, 1.165) is 6.42 Å². The minimum Gasteiger partial charge on any atom is -0.433 e. The van der Waals surface area contributed by atoms with Gasteiger partial charge in [0.25, 0.3) is 0 Å². The SMILES string of the molecule is CCCOC(=O)ONCCN. The summed E-state index contributed by atoms with van der Waals surface area (Å²) in [6.07, 6.45) is 0.0757. The van der Waals surface area contributed by atoms with Gasteiger partial charge in [0.2, 0.25) is 0 Å². The van der Waals surface area contributed by atoms with Crippen LogP contribution in [-0.2, 0) is 9.57 Å². The largest absolute Gasteiger partial charge is 0.527 e. The Balaban J connectivity index is 3.09. The van der Waals surface area contributed by atoms with E-state index >= 15 is 0 Å². The highest BCUT2D eigenvalue weighted by Gasteiger charge is 2.00. The van der Waals surface area contributed by atoms with Crippen LogP contribution in [0.15, 0.2) is 0 Å². The van der Waals surface area contributed by atoms with Gasteiger partial charge >= 0.3 is 6.16 Å². The van der Waals surface area contributed by atoms with Crippen molar-refractivity contribution >= 4 is 6.16 Å². The molecule has 0 saturated carbocycles. The third kappa shape index (κ3) is 7.08. The van der Waals surface area contributed by atoms with Crippen molar-refractivity contribution in [2.75, 3.05) is 19.7 Å². The minimum atomic E-state index is -0.708. The van der Waals surface area contributed by atoms with Crippen LogP contribution >= 0.6 is 0 Å². The van der Waals surface area contributed by atoms with Crippen LogP contribution in [0.25, 0.3) is 0 Å². The first kappa shape index (κ1) is 10.2. The van der Waals surface area contributed by atoms with E-state index in [9.17, 15) is 4.79 Å². The minimum absolute atomic E-state index is 0.378. The predicted molar refractivity (Wildman–Crippen MR) is 39.8 cm³/mol. The lowest BCUT2D eigenvalue weighted by Gasteiger charge is -2.03. The van der Waals surface area contributed by atoms with Gasteiger partial charge in [-0.2, -0.15) is 0 Å². The lowest BCUT2D eigenvalue weighted by atomic mass is 10.5. The first-order chi connectivity index (χ1) is 5.31. The van der Waals surface area contributed by atoms with E-state index in [4.69, 9.17) is 5.73 Å². The highest BCUT2D eigenvalue weighted by Crippen LogP contribution is 1.83. The van der Waals surface area contributed by atoms with Gasteiger partial charge in [0.05, 0.1) is 6.61 Å². The molecule has 0 bridgehead atoms. The smallest absolute Gasteiger partial charge is 0.433 e. The van der Waals surface area contributed by atoms with Crippen LogP contribution in [0.2, 0.25) is 0 Å². The molecule has 0 atom stereocenters. The number of hydrogen-bond acceptors (Lipinski definition) is 5. The molecule has 0 fully saturated rings. The molecule has 0 aromatic carbocycles. The van der Waals surface area contributed by atoms with E-state index in [-0.39, 0.29) is 0 Å². The molecule has 0 aromatic heterocycles. The third-order valence-corrected chi connectivity index (χ3v) is 0.826. The second kappa shape index (κ2) is 7.30. The number of nitrogens with two attached hydrogens (primary N) is 1. The highest BCUT2D eigenvalue weighted by atomic mass is 16.8. The van der Waals surface area contributed by atoms with Crippen molar-refractivity contribution in [3.05, 3.63) is 0 Å². The van der Waals surface area contributed by atoms with Crippen molar-refractivity contribution in [1.82, 2.24) is 5.48 Å². The van der Waals surface area contributed by atoms with Crippen LogP contribution in [0.1, 0.15) is 13.3 Å². The monoisotopic (exact) mass is 162 g/mol. The maximum absolute atomic E-state index is 10.5. The lowest BCUT2D eigenvalue weighted by Crippen LogP contribution is -2.26. The van der Waals surface area contributed by atoms with Crippen molar-refractivity contribution in [1.29, 1.82) is 0 Å². The second-order valence-electron chi connectivity index (χ2n) is 1.88. The molecule has 0 aliphatic heterocycles. The molecule has 0 aliphatic rings. The summed E-state index contributed by atoms with van der Waals surface area (Å²) >= 11 is 0. The summed E-state index contributed by atoms with van der Waals surface area (Å²) in [5.41, 5.74) is 7.46. The number of carbonyl (C=O) groups excluding carboxylic acids is 1. The van der Waals surface area contributed by atoms with Gasteiger partial charge in [-0.15, -0.1) is 5.48 Å². The molecule has 0 heterocycles. The molecule has 0 spiro atoms. The van der Waals surface area contributed by atoms with Crippen LogP contribution < -0.4 is 11.2 Å². The van der Waals surface area contributed by atoms with Crippen LogP contribution in [0.5, 0.6) is 0 Å². The molecular weight excluding hydrogens is 148 g/mol. The summed E-state index contributed by atoms with van der Waals surface area (Å²) in [5, 5.41) is 0. The summed E-state index contributed by atoms with van der Waals surface area (Å²) in [5.74, 6) is 0. The molecule has 0 aliphatic carbocycles. The molecular formula is C6H14N2O3. The van der Waals surface area contributed by atoms with E-state index in [0.29, 0.717) is 19.7 Å². The van der Waals surface area contributed by atoms with Crippen LogP contribution in [-0.4, -0.2) is 25.9 Å². The van der Waals surface area contributed by atoms with Crippen molar-refractivity contribution < 1.29 is 14.4 Å². The van der Waals surface area contributed by atoms with Crippen molar-refractivity contribution in [2.24, 2.45) is 5.73 Å². The molecule has 0 aromatic rings. The summed E-state index contributed by atoms with van der Waals surface area (Å²) < 4.78 is 4.57. The lowest BCUT2D eigenvalue weighted by molar-refractivity contribution is 0.0176. The highest BCUT2D eigenvalue weighted by molar-refractivity contribution is 5.59. The fourth-order valence-electron chi connectivity index (χ4n) is 0.384. The van der Waals surface area contributed by atoms with Crippen LogP contribution in [0.3, 0.4) is 0 Å². The first-order valence-corrected chi connectivity index (χ1v) is 3.57. The van der Waals surface area contributed by atoms with Gasteiger partial charge < -0.3 is 15.3 Å². The van der Waals surface area contributed by atoms with E-state index in [1.165, 1.54) is 0 Å². The zero-order valence-corrected chi connectivity index (χ0v) is 6.63. The van der Waals surface area contributed by atoms with Gasteiger partial charge in [0.1, 0.15) is 0 Å². The van der Waals surface area contributed by atoms with Gasteiger partial charge in [-0.25, -0.2) is 4.79 Å². The van der Waals surface area contributed by atoms with Crippen molar-refractivity contribution in [3.8, 4) is 0 Å². The number of hydroxylamine groups is 1. The van der Waals surface area contributed by atoms with E-state index in [1.54, 1.807) is 0 Å². The summed E-state index contributed by atoms with van der Waals surface area (Å²) in [6, 6.07) is 0. The maximum Gasteiger partial charge on any atom is 0.527 e. The normalized spacial score (nSPS) is 9.27. The van der Waals surface area contributed by atoms with Gasteiger partial charge in [0, 0.05) is 13.1 Å². The van der Waals surface area contributed by atoms with Crippen molar-refractivity contribution in [2.45, 2.75) is 13.3 Å². The Hall–Kier alpha value is -0.810. The molecule has 11 heavy (non-hydrogen) atoms. The van der Waals surface area contributed by atoms with E-state index in [1.807, 2.05) is 6.92 Å². The van der Waals surface area contributed by atoms with Gasteiger partial charge in [-0.3, -0.25) is 0 Å². The Kier molecular flexibility index (Phi) is 6.76. The molecule has 5 nitrogen and oxygen atoms in total. The van der Waals surface area contributed by atoms with E-state index in [2.05, 4.69) is 15.1 Å². The number of carbonyl (C=O) groups is 1. The molecule has 0 amide bonds. The Morgan fingerprint density at radius 3 is 2.91 bits per heavy atom. The molecule has 5 heteroatoms. The number of nitrogens with one attached hydrogen (secondary N) is 1. The van der Waals surface area contributed by atoms with Crippen LogP contribution in [0.4, 0.5) is 4.79 Å². The number of hydrogen-bond donors (Lipinski definition) is 2. The van der Waals surface area contributed by atoms with Gasteiger partial charge in [-0.05, 0) is 6.42 Å². The Bertz CT molecular complexity index is 108. The van der Waals surface area contributed by atoms with E-state index < -0.39 is 6.16 Å². The molecule has 66 valence electrons. The van der Waals surface area contributed by atoms with Gasteiger partial charge in [0.15, 0.2) is 0 Å². The topological polar surface area (TPSA) is 73.6 Å². The number of ether oxygens (including phenoxy) is 1. The van der Waals surface area contributed by atoms with Gasteiger partial charge in [-0.1, -0.05) is 6.92 Å². The molecule has 0 radical (unpaired) electrons.